The number of Topliss-reactive ketones (excluding diaryl/α,β-unsaturated/α-hetero) is 1. The number of hydrogen-bond acceptors (Lipinski definition) is 9. The van der Waals surface area contributed by atoms with Gasteiger partial charge in [0.2, 0.25) is 22.8 Å². The maximum absolute atomic E-state index is 13.1. The average Bonchev–Trinajstić information content (AvgIpc) is 3.47. The largest absolute Gasteiger partial charge is 0.454 e. The van der Waals surface area contributed by atoms with Gasteiger partial charge >= 0.3 is 5.97 Å². The van der Waals surface area contributed by atoms with Crippen molar-refractivity contribution in [1.82, 2.24) is 20.2 Å². The van der Waals surface area contributed by atoms with Crippen LogP contribution in [-0.2, 0) is 14.3 Å². The predicted molar refractivity (Wildman–Crippen MR) is 148 cm³/mol. The molecule has 2 aromatic heterocycles. The molecule has 0 aliphatic carbocycles. The van der Waals surface area contributed by atoms with Gasteiger partial charge in [0.15, 0.2) is 12.3 Å². The lowest BCUT2D eigenvalue weighted by molar-refractivity contribution is -0.121. The Kier molecular flexibility index (Phi) is 6.74. The van der Waals surface area contributed by atoms with Crippen molar-refractivity contribution in [2.45, 2.75) is 16.8 Å². The molecule has 1 unspecified atom stereocenters. The summed E-state index contributed by atoms with van der Waals surface area (Å²) in [4.78, 5) is 59.4. The van der Waals surface area contributed by atoms with E-state index in [1.807, 2.05) is 24.3 Å². The number of esters is 1. The van der Waals surface area contributed by atoms with Gasteiger partial charge in [-0.3, -0.25) is 14.4 Å². The Hall–Kier alpha value is -4.61. The number of aromatic amines is 1. The zero-order chi connectivity index (χ0) is 27.8. The van der Waals surface area contributed by atoms with Gasteiger partial charge in [0.05, 0.1) is 16.3 Å². The highest BCUT2D eigenvalue weighted by Crippen LogP contribution is 2.33. The number of amides is 2. The summed E-state index contributed by atoms with van der Waals surface area (Å²) >= 11 is 7.09. The standard InChI is InChI=1S/C28H18ClN5O5S/c29-19-7-3-1-5-17(19)21(35)14-39-27(38)15-9-11-16(12-10-15)34-23(36)13-22(26(34)37)40-28-31-25-24(32-33-28)18-6-2-4-8-20(18)30-25/h1-12,22H,13-14H2,(H,30,31,33). The number of halogens is 1. The van der Waals surface area contributed by atoms with Crippen LogP contribution in [0.1, 0.15) is 27.1 Å². The molecule has 198 valence electrons. The number of rotatable bonds is 7. The Balaban J connectivity index is 1.11. The van der Waals surface area contributed by atoms with Crippen LogP contribution in [0.4, 0.5) is 5.69 Å². The van der Waals surface area contributed by atoms with E-state index in [1.165, 1.54) is 24.3 Å². The van der Waals surface area contributed by atoms with Crippen molar-refractivity contribution < 1.29 is 23.9 Å². The SMILES string of the molecule is O=C(OCC(=O)c1ccccc1Cl)c1ccc(N2C(=O)CC(Sc3nnc4c(n3)[nH]c3ccccc34)C2=O)cc1. The van der Waals surface area contributed by atoms with Gasteiger partial charge in [-0.15, -0.1) is 10.2 Å². The molecule has 3 aromatic carbocycles. The van der Waals surface area contributed by atoms with Crippen LogP contribution in [0.15, 0.2) is 78.0 Å². The first-order valence-electron chi connectivity index (χ1n) is 12.1. The van der Waals surface area contributed by atoms with Crippen LogP contribution in [0.25, 0.3) is 22.1 Å². The highest BCUT2D eigenvalue weighted by molar-refractivity contribution is 8.00. The predicted octanol–water partition coefficient (Wildman–Crippen LogP) is 4.62. The molecule has 0 bridgehead atoms. The summed E-state index contributed by atoms with van der Waals surface area (Å²) in [7, 11) is 0. The van der Waals surface area contributed by atoms with Gasteiger partial charge in [-0.05, 0) is 42.5 Å². The summed E-state index contributed by atoms with van der Waals surface area (Å²) in [6.07, 6.45) is -0.0362. The smallest absolute Gasteiger partial charge is 0.338 e. The third kappa shape index (κ3) is 4.80. The molecule has 2 amide bonds. The highest BCUT2D eigenvalue weighted by Gasteiger charge is 2.41. The number of para-hydroxylation sites is 1. The number of H-pyrrole nitrogens is 1. The van der Waals surface area contributed by atoms with E-state index in [4.69, 9.17) is 16.3 Å². The number of aromatic nitrogens is 4. The number of ketones is 1. The van der Waals surface area contributed by atoms with Gasteiger partial charge in [-0.1, -0.05) is 53.7 Å². The van der Waals surface area contributed by atoms with Crippen LogP contribution in [-0.4, -0.2) is 55.6 Å². The second-order valence-corrected chi connectivity index (χ2v) is 10.4. The van der Waals surface area contributed by atoms with Crippen LogP contribution in [0.5, 0.6) is 0 Å². The molecule has 1 N–H and O–H groups in total. The van der Waals surface area contributed by atoms with E-state index in [-0.39, 0.29) is 33.6 Å². The normalized spacial score (nSPS) is 15.2. The van der Waals surface area contributed by atoms with E-state index in [9.17, 15) is 19.2 Å². The molecule has 1 atom stereocenters. The van der Waals surface area contributed by atoms with E-state index in [0.29, 0.717) is 16.9 Å². The molecule has 1 saturated heterocycles. The zero-order valence-electron chi connectivity index (χ0n) is 20.5. The number of thioether (sulfide) groups is 1. The number of benzene rings is 3. The second-order valence-electron chi connectivity index (χ2n) is 8.87. The number of hydrogen-bond donors (Lipinski definition) is 1. The van der Waals surface area contributed by atoms with Crippen LogP contribution >= 0.6 is 23.4 Å². The van der Waals surface area contributed by atoms with Gasteiger partial charge in [0.25, 0.3) is 0 Å². The summed E-state index contributed by atoms with van der Waals surface area (Å²) in [5.41, 5.74) is 2.77. The summed E-state index contributed by atoms with van der Waals surface area (Å²) in [6.45, 7) is -0.479. The minimum Gasteiger partial charge on any atom is -0.454 e. The van der Waals surface area contributed by atoms with Crippen molar-refractivity contribution in [2.24, 2.45) is 0 Å². The Bertz CT molecular complexity index is 1820. The lowest BCUT2D eigenvalue weighted by atomic mass is 10.1. The fourth-order valence-corrected chi connectivity index (χ4v) is 5.54. The van der Waals surface area contributed by atoms with Crippen molar-refractivity contribution in [1.29, 1.82) is 0 Å². The number of anilines is 1. The number of imide groups is 1. The molecule has 1 fully saturated rings. The molecule has 6 rings (SSSR count). The van der Waals surface area contributed by atoms with Crippen molar-refractivity contribution >= 4 is 74.7 Å². The molecule has 0 radical (unpaired) electrons. The van der Waals surface area contributed by atoms with Crippen LogP contribution < -0.4 is 4.90 Å². The summed E-state index contributed by atoms with van der Waals surface area (Å²) in [5, 5.41) is 9.13. The third-order valence-electron chi connectivity index (χ3n) is 6.33. The van der Waals surface area contributed by atoms with E-state index in [1.54, 1.807) is 24.3 Å². The lowest BCUT2D eigenvalue weighted by Crippen LogP contribution is -2.31. The number of carbonyl (C=O) groups is 4. The van der Waals surface area contributed by atoms with Gasteiger partial charge in [-0.2, -0.15) is 0 Å². The monoisotopic (exact) mass is 571 g/mol. The van der Waals surface area contributed by atoms with Crippen LogP contribution in [0, 0.1) is 0 Å². The summed E-state index contributed by atoms with van der Waals surface area (Å²) < 4.78 is 5.12. The quantitative estimate of drug-likeness (QED) is 0.168. The number of nitrogens with zero attached hydrogens (tertiary/aromatic N) is 4. The first-order chi connectivity index (χ1) is 19.4. The molecular formula is C28H18ClN5O5S. The second kappa shape index (κ2) is 10.5. The van der Waals surface area contributed by atoms with Crippen LogP contribution in [0.2, 0.25) is 5.02 Å². The Morgan fingerprint density at radius 1 is 1.00 bits per heavy atom. The van der Waals surface area contributed by atoms with Crippen molar-refractivity contribution in [3.8, 4) is 0 Å². The first-order valence-corrected chi connectivity index (χ1v) is 13.3. The maximum atomic E-state index is 13.1. The molecule has 0 saturated carbocycles. The molecule has 1 aliphatic heterocycles. The van der Waals surface area contributed by atoms with Crippen molar-refractivity contribution in [2.75, 3.05) is 11.5 Å². The Labute approximate surface area is 235 Å². The van der Waals surface area contributed by atoms with E-state index in [0.717, 1.165) is 27.6 Å². The molecule has 10 nitrogen and oxygen atoms in total. The van der Waals surface area contributed by atoms with Crippen molar-refractivity contribution in [3.05, 3.63) is 88.9 Å². The Morgan fingerprint density at radius 2 is 1.75 bits per heavy atom. The van der Waals surface area contributed by atoms with Gasteiger partial charge in [0, 0.05) is 22.9 Å². The molecule has 0 spiro atoms. The van der Waals surface area contributed by atoms with Gasteiger partial charge in [-0.25, -0.2) is 14.7 Å². The topological polar surface area (TPSA) is 135 Å². The minimum atomic E-state index is -0.725. The average molecular weight is 572 g/mol. The minimum absolute atomic E-state index is 0.0362. The lowest BCUT2D eigenvalue weighted by Gasteiger charge is -2.15. The number of nitrogens with one attached hydrogen (secondary N) is 1. The number of carbonyl (C=O) groups excluding carboxylic acids is 4. The molecule has 12 heteroatoms. The fourth-order valence-electron chi connectivity index (χ4n) is 4.38. The van der Waals surface area contributed by atoms with Crippen LogP contribution in [0.3, 0.4) is 0 Å². The zero-order valence-corrected chi connectivity index (χ0v) is 22.1. The van der Waals surface area contributed by atoms with Gasteiger partial charge in [0.1, 0.15) is 10.8 Å². The third-order valence-corrected chi connectivity index (χ3v) is 7.69. The molecular weight excluding hydrogens is 554 g/mol. The molecule has 40 heavy (non-hydrogen) atoms. The number of ether oxygens (including phenoxy) is 1. The van der Waals surface area contributed by atoms with Gasteiger partial charge < -0.3 is 9.72 Å². The summed E-state index contributed by atoms with van der Waals surface area (Å²) in [5.74, 6) is -1.97. The Morgan fingerprint density at radius 3 is 2.55 bits per heavy atom. The van der Waals surface area contributed by atoms with E-state index < -0.39 is 29.5 Å². The molecule has 5 aromatic rings. The fraction of sp³-hybridized carbons (Fsp3) is 0.107. The van der Waals surface area contributed by atoms with E-state index >= 15 is 0 Å². The van der Waals surface area contributed by atoms with E-state index in [2.05, 4.69) is 20.2 Å². The maximum Gasteiger partial charge on any atom is 0.338 e. The van der Waals surface area contributed by atoms with Crippen molar-refractivity contribution in [3.63, 3.8) is 0 Å². The highest BCUT2D eigenvalue weighted by atomic mass is 35.5. The molecule has 1 aliphatic rings. The summed E-state index contributed by atoms with van der Waals surface area (Å²) in [6, 6.07) is 19.9. The molecule has 3 heterocycles. The number of fused-ring (bicyclic) bond motifs is 3. The first kappa shape index (κ1) is 25.7.